The number of aromatic amines is 1. The van der Waals surface area contributed by atoms with Crippen LogP contribution >= 0.6 is 0 Å². The van der Waals surface area contributed by atoms with E-state index in [1.165, 1.54) is 12.8 Å². The Morgan fingerprint density at radius 2 is 1.86 bits per heavy atom. The molecule has 5 rings (SSSR count). The standard InChI is InChI=1S/C38H58N4O8/c1-24(2)30-28(34(40-39-30)49-35-33(46)32(45)31(44)29(22-43)48-35)21-27-12-11-26(20-25(27)3)10-7-8-16-41-17-9-13-38(23-41)14-18-42(19-15-38)36(47)50-37(4,5)6/h7,10-12,20,24,29,31-33,35,43-46H,8-9,13-19,21-23H2,1-6H3,(H,39,40)/t29-,31-,32+,33-,35+/m1/s1. The molecule has 1 spiro atoms. The molecule has 1 aromatic heterocycles. The molecule has 5 N–H and O–H groups in total. The number of nitrogens with one attached hydrogen (secondary N) is 1. The third-order valence-electron chi connectivity index (χ3n) is 10.4. The summed E-state index contributed by atoms with van der Waals surface area (Å²) in [6, 6.07) is 6.40. The third kappa shape index (κ3) is 9.26. The summed E-state index contributed by atoms with van der Waals surface area (Å²) < 4.78 is 17.1. The third-order valence-corrected chi connectivity index (χ3v) is 10.4. The fourth-order valence-corrected chi connectivity index (χ4v) is 7.47. The van der Waals surface area contributed by atoms with Crippen LogP contribution in [0, 0.1) is 12.3 Å². The molecule has 1 amide bonds. The van der Waals surface area contributed by atoms with Gasteiger partial charge >= 0.3 is 6.09 Å². The highest BCUT2D eigenvalue weighted by Gasteiger charge is 2.45. The molecule has 1 aromatic carbocycles. The van der Waals surface area contributed by atoms with E-state index in [4.69, 9.17) is 14.2 Å². The highest BCUT2D eigenvalue weighted by atomic mass is 16.7. The summed E-state index contributed by atoms with van der Waals surface area (Å²) in [5, 5.41) is 47.9. The second-order valence-electron chi connectivity index (χ2n) is 15.8. The minimum absolute atomic E-state index is 0.118. The number of H-pyrrole nitrogens is 1. The first-order valence-corrected chi connectivity index (χ1v) is 18.2. The van der Waals surface area contributed by atoms with Crippen molar-refractivity contribution >= 4 is 12.2 Å². The largest absolute Gasteiger partial charge is 0.444 e. The molecule has 0 unspecified atom stereocenters. The van der Waals surface area contributed by atoms with Gasteiger partial charge in [-0.25, -0.2) is 4.79 Å². The predicted octanol–water partition coefficient (Wildman–Crippen LogP) is 4.13. The molecule has 3 aliphatic heterocycles. The number of aliphatic hydroxyl groups is 4. The van der Waals surface area contributed by atoms with Crippen molar-refractivity contribution in [2.24, 2.45) is 5.41 Å². The number of benzene rings is 1. The zero-order valence-electron chi connectivity index (χ0n) is 30.6. The number of rotatable bonds is 10. The second kappa shape index (κ2) is 16.1. The predicted molar refractivity (Wildman–Crippen MR) is 190 cm³/mol. The number of hydrogen-bond donors (Lipinski definition) is 5. The average Bonchev–Trinajstić information content (AvgIpc) is 3.46. The van der Waals surface area contributed by atoms with Crippen LogP contribution in [-0.4, -0.2) is 122 Å². The number of nitrogens with zero attached hydrogens (tertiary/aromatic N) is 3. The van der Waals surface area contributed by atoms with E-state index in [0.717, 1.165) is 79.9 Å². The van der Waals surface area contributed by atoms with Crippen LogP contribution in [0.25, 0.3) is 6.08 Å². The quantitative estimate of drug-likeness (QED) is 0.244. The molecule has 3 fully saturated rings. The number of likely N-dealkylation sites (tertiary alicyclic amines) is 2. The summed E-state index contributed by atoms with van der Waals surface area (Å²) >= 11 is 0. The van der Waals surface area contributed by atoms with Gasteiger partial charge in [0.05, 0.1) is 6.61 Å². The van der Waals surface area contributed by atoms with Gasteiger partial charge in [0.2, 0.25) is 12.2 Å². The lowest BCUT2D eigenvalue weighted by Crippen LogP contribution is -2.60. The number of aromatic nitrogens is 2. The Labute approximate surface area is 296 Å². The van der Waals surface area contributed by atoms with Gasteiger partial charge in [0.1, 0.15) is 30.0 Å². The fraction of sp³-hybridized carbons (Fsp3) is 0.684. The Kier molecular flexibility index (Phi) is 12.3. The summed E-state index contributed by atoms with van der Waals surface area (Å²) in [6.07, 6.45) is 3.32. The Morgan fingerprint density at radius 3 is 2.52 bits per heavy atom. The summed E-state index contributed by atoms with van der Waals surface area (Å²) in [5.74, 6) is 0.362. The lowest BCUT2D eigenvalue weighted by Gasteiger charge is -2.47. The van der Waals surface area contributed by atoms with Gasteiger partial charge in [-0.2, -0.15) is 0 Å². The van der Waals surface area contributed by atoms with Gasteiger partial charge in [0, 0.05) is 43.9 Å². The molecule has 12 heteroatoms. The summed E-state index contributed by atoms with van der Waals surface area (Å²) in [4.78, 5) is 17.0. The van der Waals surface area contributed by atoms with Crippen LogP contribution in [0.2, 0.25) is 0 Å². The van der Waals surface area contributed by atoms with Crippen LogP contribution in [0.3, 0.4) is 0 Å². The minimum Gasteiger partial charge on any atom is -0.444 e. The normalized spacial score (nSPS) is 26.2. The molecule has 0 saturated carbocycles. The van der Waals surface area contributed by atoms with Crippen molar-refractivity contribution in [1.82, 2.24) is 20.0 Å². The lowest BCUT2D eigenvalue weighted by atomic mass is 9.72. The van der Waals surface area contributed by atoms with Gasteiger partial charge in [-0.15, -0.1) is 5.10 Å². The maximum atomic E-state index is 12.6. The maximum absolute atomic E-state index is 12.6. The number of hydrogen-bond acceptors (Lipinski definition) is 10. The van der Waals surface area contributed by atoms with Crippen LogP contribution in [0.15, 0.2) is 24.3 Å². The van der Waals surface area contributed by atoms with Crippen LogP contribution in [0.1, 0.15) is 101 Å². The smallest absolute Gasteiger partial charge is 0.410 e. The van der Waals surface area contributed by atoms with Crippen molar-refractivity contribution in [2.75, 3.05) is 39.3 Å². The summed E-state index contributed by atoms with van der Waals surface area (Å²) in [5.41, 5.74) is 4.88. The summed E-state index contributed by atoms with van der Waals surface area (Å²) in [6.45, 7) is 16.1. The topological polar surface area (TPSA) is 161 Å². The molecule has 2 aromatic rings. The van der Waals surface area contributed by atoms with E-state index in [9.17, 15) is 25.2 Å². The number of carbonyl (C=O) groups excluding carboxylic acids is 1. The first kappa shape index (κ1) is 38.2. The van der Waals surface area contributed by atoms with Gasteiger partial charge < -0.3 is 44.4 Å². The number of carbonyl (C=O) groups is 1. The maximum Gasteiger partial charge on any atom is 0.410 e. The Balaban J connectivity index is 1.15. The fourth-order valence-electron chi connectivity index (χ4n) is 7.47. The van der Waals surface area contributed by atoms with Crippen molar-refractivity contribution in [3.63, 3.8) is 0 Å². The van der Waals surface area contributed by atoms with E-state index >= 15 is 0 Å². The average molecular weight is 699 g/mol. The van der Waals surface area contributed by atoms with Crippen molar-refractivity contribution < 1.29 is 39.4 Å². The Hall–Kier alpha value is -3.00. The van der Waals surface area contributed by atoms with Crippen molar-refractivity contribution in [2.45, 2.75) is 122 Å². The Morgan fingerprint density at radius 1 is 1.12 bits per heavy atom. The molecular weight excluding hydrogens is 640 g/mol. The van der Waals surface area contributed by atoms with Crippen LogP contribution < -0.4 is 4.74 Å². The number of piperidine rings is 2. The van der Waals surface area contributed by atoms with E-state index in [1.54, 1.807) is 0 Å². The minimum atomic E-state index is -1.53. The monoisotopic (exact) mass is 698 g/mol. The van der Waals surface area contributed by atoms with Crippen LogP contribution in [-0.2, 0) is 15.9 Å². The van der Waals surface area contributed by atoms with Gasteiger partial charge in [0.15, 0.2) is 0 Å². The van der Waals surface area contributed by atoms with E-state index in [1.807, 2.05) is 25.7 Å². The van der Waals surface area contributed by atoms with Crippen molar-refractivity contribution in [3.05, 3.63) is 52.2 Å². The van der Waals surface area contributed by atoms with Crippen molar-refractivity contribution in [1.29, 1.82) is 0 Å². The van der Waals surface area contributed by atoms with Crippen LogP contribution in [0.4, 0.5) is 4.79 Å². The molecular formula is C38H58N4O8. The summed E-state index contributed by atoms with van der Waals surface area (Å²) in [7, 11) is 0. The molecule has 50 heavy (non-hydrogen) atoms. The van der Waals surface area contributed by atoms with Gasteiger partial charge in [-0.1, -0.05) is 44.2 Å². The second-order valence-corrected chi connectivity index (χ2v) is 15.8. The molecule has 278 valence electrons. The van der Waals surface area contributed by atoms with E-state index < -0.39 is 42.9 Å². The number of aryl methyl sites for hydroxylation is 1. The van der Waals surface area contributed by atoms with E-state index in [2.05, 4.69) is 66.2 Å². The number of ether oxygens (including phenoxy) is 3. The molecule has 3 aliphatic rings. The van der Waals surface area contributed by atoms with Gasteiger partial charge in [-0.05, 0) is 94.4 Å². The SMILES string of the molecule is Cc1cc(C=CCCN2CCCC3(CCN(C(=O)OC(C)(C)C)CC3)C2)ccc1Cc1c(O[C@@H]2O[C@H](CO)[C@@H](O)[C@H](O)[C@H]2O)n[nH]c1C(C)C. The highest BCUT2D eigenvalue weighted by molar-refractivity contribution is 5.68. The first-order chi connectivity index (χ1) is 23.7. The van der Waals surface area contributed by atoms with Crippen LogP contribution in [0.5, 0.6) is 5.88 Å². The molecule has 4 heterocycles. The zero-order chi connectivity index (χ0) is 36.2. The molecule has 0 radical (unpaired) electrons. The zero-order valence-corrected chi connectivity index (χ0v) is 30.6. The molecule has 5 atom stereocenters. The van der Waals surface area contributed by atoms with E-state index in [-0.39, 0.29) is 23.3 Å². The molecule has 3 saturated heterocycles. The van der Waals surface area contributed by atoms with Gasteiger partial charge in [-0.3, -0.25) is 5.10 Å². The molecule has 0 bridgehead atoms. The molecule has 0 aliphatic carbocycles. The Bertz CT molecular complexity index is 1460. The lowest BCUT2D eigenvalue weighted by molar-refractivity contribution is -0.278. The first-order valence-electron chi connectivity index (χ1n) is 18.2. The van der Waals surface area contributed by atoms with Gasteiger partial charge in [0.25, 0.3) is 0 Å². The highest BCUT2D eigenvalue weighted by Crippen LogP contribution is 2.40. The van der Waals surface area contributed by atoms with Crippen molar-refractivity contribution in [3.8, 4) is 5.88 Å². The molecule has 12 nitrogen and oxygen atoms in total. The van der Waals surface area contributed by atoms with E-state index in [0.29, 0.717) is 6.42 Å². The number of amides is 1. The number of aliphatic hydroxyl groups excluding tert-OH is 4.